The molecule has 112 valence electrons. The highest BCUT2D eigenvalue weighted by atomic mass is 19.1. The van der Waals surface area contributed by atoms with Gasteiger partial charge in [0.1, 0.15) is 5.82 Å². The lowest BCUT2D eigenvalue weighted by atomic mass is 9.86. The van der Waals surface area contributed by atoms with Gasteiger partial charge >= 0.3 is 0 Å². The van der Waals surface area contributed by atoms with Gasteiger partial charge < -0.3 is 5.32 Å². The average Bonchev–Trinajstić information content (AvgIpc) is 2.61. The van der Waals surface area contributed by atoms with Crippen LogP contribution < -0.4 is 5.32 Å². The number of hydrogen-bond acceptors (Lipinski definition) is 1. The predicted octanol–water partition coefficient (Wildman–Crippen LogP) is 4.86. The summed E-state index contributed by atoms with van der Waals surface area (Å²) in [7, 11) is 0. The summed E-state index contributed by atoms with van der Waals surface area (Å²) in [6.07, 6.45) is 7.11. The minimum Gasteiger partial charge on any atom is -0.314 e. The van der Waals surface area contributed by atoms with Gasteiger partial charge in [0.2, 0.25) is 0 Å². The van der Waals surface area contributed by atoms with Crippen molar-refractivity contribution in [3.63, 3.8) is 0 Å². The molecule has 1 aromatic rings. The van der Waals surface area contributed by atoms with Gasteiger partial charge in [0, 0.05) is 6.04 Å². The number of hydrogen-bond donors (Lipinski definition) is 1. The number of benzene rings is 1. The standard InChI is InChI=1S/C18H28FN/c1-4-9-20-16-8-6-5-7-15(12-16)18-14(3)10-13(2)11-17(18)19/h10-11,15-16,20H,4-9,12H2,1-3H3. The number of halogens is 1. The molecule has 1 N–H and O–H groups in total. The van der Waals surface area contributed by atoms with Crippen LogP contribution in [0.3, 0.4) is 0 Å². The fourth-order valence-corrected chi connectivity index (χ4v) is 3.60. The minimum absolute atomic E-state index is 0.00337. The van der Waals surface area contributed by atoms with E-state index in [0.717, 1.165) is 36.1 Å². The van der Waals surface area contributed by atoms with Crippen LogP contribution in [0.25, 0.3) is 0 Å². The van der Waals surface area contributed by atoms with E-state index in [4.69, 9.17) is 0 Å². The number of rotatable bonds is 4. The molecule has 0 bridgehead atoms. The Bertz CT molecular complexity index is 418. The summed E-state index contributed by atoms with van der Waals surface area (Å²) in [4.78, 5) is 0. The van der Waals surface area contributed by atoms with Crippen molar-refractivity contribution in [1.82, 2.24) is 5.32 Å². The molecule has 1 saturated carbocycles. The second-order valence-corrected chi connectivity index (χ2v) is 6.35. The van der Waals surface area contributed by atoms with Crippen LogP contribution in [0.1, 0.15) is 68.1 Å². The van der Waals surface area contributed by atoms with Crippen molar-refractivity contribution < 1.29 is 4.39 Å². The largest absolute Gasteiger partial charge is 0.314 e. The fraction of sp³-hybridized carbons (Fsp3) is 0.667. The molecule has 2 unspecified atom stereocenters. The lowest BCUT2D eigenvalue weighted by Gasteiger charge is -2.23. The SMILES string of the molecule is CCCNC1CCCCC(c2c(C)cc(C)cc2F)C1. The van der Waals surface area contributed by atoms with E-state index in [1.165, 1.54) is 25.7 Å². The molecule has 1 fully saturated rings. The Morgan fingerprint density at radius 2 is 1.95 bits per heavy atom. The van der Waals surface area contributed by atoms with E-state index in [1.807, 2.05) is 6.92 Å². The highest BCUT2D eigenvalue weighted by Crippen LogP contribution is 2.35. The summed E-state index contributed by atoms with van der Waals surface area (Å²) in [5.41, 5.74) is 3.13. The van der Waals surface area contributed by atoms with Gasteiger partial charge in [0.15, 0.2) is 0 Å². The van der Waals surface area contributed by atoms with Gasteiger partial charge in [-0.2, -0.15) is 0 Å². The van der Waals surface area contributed by atoms with Crippen LogP contribution in [0.15, 0.2) is 12.1 Å². The van der Waals surface area contributed by atoms with E-state index >= 15 is 0 Å². The first-order chi connectivity index (χ1) is 9.61. The monoisotopic (exact) mass is 277 g/mol. The molecule has 0 amide bonds. The van der Waals surface area contributed by atoms with E-state index in [1.54, 1.807) is 6.07 Å². The molecule has 2 heteroatoms. The normalized spacial score (nSPS) is 23.6. The van der Waals surface area contributed by atoms with Crippen molar-refractivity contribution >= 4 is 0 Å². The molecule has 0 saturated heterocycles. The maximum absolute atomic E-state index is 14.4. The van der Waals surface area contributed by atoms with Gasteiger partial charge in [-0.25, -0.2) is 4.39 Å². The van der Waals surface area contributed by atoms with Gasteiger partial charge in [-0.15, -0.1) is 0 Å². The van der Waals surface area contributed by atoms with Crippen molar-refractivity contribution in [2.45, 2.75) is 71.3 Å². The number of nitrogens with one attached hydrogen (secondary N) is 1. The van der Waals surface area contributed by atoms with Crippen LogP contribution in [0.2, 0.25) is 0 Å². The van der Waals surface area contributed by atoms with Crippen molar-refractivity contribution in [2.24, 2.45) is 0 Å². The smallest absolute Gasteiger partial charge is 0.127 e. The summed E-state index contributed by atoms with van der Waals surface area (Å²) >= 11 is 0. The first kappa shape index (κ1) is 15.5. The molecule has 20 heavy (non-hydrogen) atoms. The molecule has 0 radical (unpaired) electrons. The van der Waals surface area contributed by atoms with Crippen LogP contribution in [0.4, 0.5) is 4.39 Å². The van der Waals surface area contributed by atoms with Crippen molar-refractivity contribution in [3.8, 4) is 0 Å². The van der Waals surface area contributed by atoms with Crippen LogP contribution in [0, 0.1) is 19.7 Å². The Labute approximate surface area is 123 Å². The summed E-state index contributed by atoms with van der Waals surface area (Å²) in [6.45, 7) is 7.31. The Hall–Kier alpha value is -0.890. The van der Waals surface area contributed by atoms with Gasteiger partial charge in [-0.05, 0) is 74.8 Å². The maximum atomic E-state index is 14.4. The molecule has 0 spiro atoms. The Morgan fingerprint density at radius 3 is 2.65 bits per heavy atom. The van der Waals surface area contributed by atoms with Crippen molar-refractivity contribution in [2.75, 3.05) is 6.54 Å². The molecule has 2 rings (SSSR count). The van der Waals surface area contributed by atoms with E-state index in [0.29, 0.717) is 12.0 Å². The zero-order valence-corrected chi connectivity index (χ0v) is 13.1. The average molecular weight is 277 g/mol. The summed E-state index contributed by atoms with van der Waals surface area (Å²) in [5.74, 6) is 0.385. The molecule has 2 atom stereocenters. The Balaban J connectivity index is 2.17. The second kappa shape index (κ2) is 7.21. The first-order valence-electron chi connectivity index (χ1n) is 8.11. The molecule has 1 aliphatic rings. The topological polar surface area (TPSA) is 12.0 Å². The summed E-state index contributed by atoms with van der Waals surface area (Å²) in [5, 5.41) is 3.64. The van der Waals surface area contributed by atoms with E-state index in [2.05, 4.69) is 25.2 Å². The third kappa shape index (κ3) is 3.82. The molecular weight excluding hydrogens is 249 g/mol. The minimum atomic E-state index is 0.00337. The number of aryl methyl sites for hydroxylation is 2. The zero-order valence-electron chi connectivity index (χ0n) is 13.1. The van der Waals surface area contributed by atoms with Crippen LogP contribution in [-0.4, -0.2) is 12.6 Å². The molecule has 0 aliphatic heterocycles. The highest BCUT2D eigenvalue weighted by Gasteiger charge is 2.24. The molecule has 1 nitrogen and oxygen atoms in total. The highest BCUT2D eigenvalue weighted by molar-refractivity contribution is 5.35. The molecule has 0 heterocycles. The van der Waals surface area contributed by atoms with Gasteiger partial charge in [0.25, 0.3) is 0 Å². The van der Waals surface area contributed by atoms with Crippen LogP contribution in [0.5, 0.6) is 0 Å². The quantitative estimate of drug-likeness (QED) is 0.775. The van der Waals surface area contributed by atoms with Crippen molar-refractivity contribution in [3.05, 3.63) is 34.6 Å². The summed E-state index contributed by atoms with van der Waals surface area (Å²) in [6, 6.07) is 4.38. The Kier molecular flexibility index (Phi) is 5.59. The molecule has 1 aromatic carbocycles. The van der Waals surface area contributed by atoms with Gasteiger partial charge in [-0.3, -0.25) is 0 Å². The molecule has 0 aromatic heterocycles. The van der Waals surface area contributed by atoms with Crippen LogP contribution >= 0.6 is 0 Å². The first-order valence-corrected chi connectivity index (χ1v) is 8.11. The molecule has 1 aliphatic carbocycles. The summed E-state index contributed by atoms with van der Waals surface area (Å²) < 4.78 is 14.4. The van der Waals surface area contributed by atoms with Gasteiger partial charge in [-0.1, -0.05) is 25.8 Å². The van der Waals surface area contributed by atoms with E-state index < -0.39 is 0 Å². The third-order valence-electron chi connectivity index (χ3n) is 4.50. The molecular formula is C18H28FN. The third-order valence-corrected chi connectivity index (χ3v) is 4.50. The Morgan fingerprint density at radius 1 is 1.20 bits per heavy atom. The lowest BCUT2D eigenvalue weighted by Crippen LogP contribution is -2.30. The van der Waals surface area contributed by atoms with E-state index in [9.17, 15) is 4.39 Å². The van der Waals surface area contributed by atoms with E-state index in [-0.39, 0.29) is 5.82 Å². The van der Waals surface area contributed by atoms with Crippen molar-refractivity contribution in [1.29, 1.82) is 0 Å². The predicted molar refractivity (Wildman–Crippen MR) is 83.8 cm³/mol. The fourth-order valence-electron chi connectivity index (χ4n) is 3.60. The van der Waals surface area contributed by atoms with Gasteiger partial charge in [0.05, 0.1) is 0 Å². The lowest BCUT2D eigenvalue weighted by molar-refractivity contribution is 0.432. The second-order valence-electron chi connectivity index (χ2n) is 6.35. The zero-order chi connectivity index (χ0) is 14.5. The van der Waals surface area contributed by atoms with Crippen LogP contribution in [-0.2, 0) is 0 Å². The maximum Gasteiger partial charge on any atom is 0.127 e.